The van der Waals surface area contributed by atoms with E-state index in [2.05, 4.69) is 20.7 Å². The first kappa shape index (κ1) is 20.8. The minimum Gasteiger partial charge on any atom is -0.305 e. The van der Waals surface area contributed by atoms with Crippen LogP contribution in [-0.2, 0) is 11.8 Å². The van der Waals surface area contributed by atoms with Crippen LogP contribution in [0.25, 0.3) is 17.5 Å². The van der Waals surface area contributed by atoms with E-state index >= 15 is 0 Å². The van der Waals surface area contributed by atoms with Crippen molar-refractivity contribution in [3.63, 3.8) is 0 Å². The summed E-state index contributed by atoms with van der Waals surface area (Å²) in [6.45, 7) is 1.83. The van der Waals surface area contributed by atoms with Crippen LogP contribution in [0.2, 0.25) is 5.02 Å². The van der Waals surface area contributed by atoms with E-state index in [0.717, 1.165) is 11.1 Å². The first-order valence-electron chi connectivity index (χ1n) is 8.87. The summed E-state index contributed by atoms with van der Waals surface area (Å²) < 4.78 is 1.83. The molecule has 0 aliphatic rings. The number of carbonyl (C=O) groups excluding carboxylic acids is 1. The third kappa shape index (κ3) is 6.04. The summed E-state index contributed by atoms with van der Waals surface area (Å²) in [7, 11) is 1.85. The number of hydrogen-bond acceptors (Lipinski definition) is 5. The summed E-state index contributed by atoms with van der Waals surface area (Å²) in [6.07, 6.45) is 3.79. The van der Waals surface area contributed by atoms with Gasteiger partial charge in [-0.05, 0) is 30.7 Å². The van der Waals surface area contributed by atoms with E-state index in [9.17, 15) is 4.79 Å². The lowest BCUT2D eigenvalue weighted by Crippen LogP contribution is -2.20. The largest absolute Gasteiger partial charge is 0.305 e. The van der Waals surface area contributed by atoms with Gasteiger partial charge < -0.3 is 4.57 Å². The lowest BCUT2D eigenvalue weighted by Gasteiger charge is -2.04. The molecule has 0 radical (unpaired) electrons. The smallest absolute Gasteiger partial charge is 0.250 e. The third-order valence-corrected chi connectivity index (χ3v) is 5.18. The number of amides is 1. The summed E-state index contributed by atoms with van der Waals surface area (Å²) in [5.74, 6) is 0.658. The van der Waals surface area contributed by atoms with Gasteiger partial charge in [0.1, 0.15) is 0 Å². The van der Waals surface area contributed by atoms with Gasteiger partial charge in [-0.15, -0.1) is 10.2 Å². The van der Waals surface area contributed by atoms with Gasteiger partial charge in [0.25, 0.3) is 5.91 Å². The first-order chi connectivity index (χ1) is 14.0. The van der Waals surface area contributed by atoms with Crippen molar-refractivity contribution in [2.24, 2.45) is 12.1 Å². The summed E-state index contributed by atoms with van der Waals surface area (Å²) >= 11 is 7.34. The Labute approximate surface area is 178 Å². The molecule has 3 rings (SSSR count). The Bertz CT molecular complexity index is 1050. The molecule has 0 aliphatic heterocycles. The number of nitrogens with zero attached hydrogens (tertiary/aromatic N) is 4. The van der Waals surface area contributed by atoms with E-state index in [1.165, 1.54) is 11.8 Å². The van der Waals surface area contributed by atoms with E-state index in [4.69, 9.17) is 11.6 Å². The predicted molar refractivity (Wildman–Crippen MR) is 119 cm³/mol. The van der Waals surface area contributed by atoms with Crippen molar-refractivity contribution in [2.45, 2.75) is 12.1 Å². The minimum atomic E-state index is -0.213. The molecule has 148 valence electrons. The Morgan fingerprint density at radius 1 is 1.21 bits per heavy atom. The normalized spacial score (nSPS) is 11.8. The number of carbonyl (C=O) groups is 1. The van der Waals surface area contributed by atoms with Crippen molar-refractivity contribution in [1.82, 2.24) is 20.2 Å². The molecule has 0 aliphatic carbocycles. The molecule has 1 amide bonds. The maximum absolute atomic E-state index is 12.1. The van der Waals surface area contributed by atoms with E-state index in [-0.39, 0.29) is 11.7 Å². The van der Waals surface area contributed by atoms with Crippen molar-refractivity contribution in [2.75, 3.05) is 5.75 Å². The molecular weight excluding hydrogens is 406 g/mol. The molecule has 0 saturated heterocycles. The number of aromatic nitrogens is 3. The predicted octanol–water partition coefficient (Wildman–Crippen LogP) is 4.43. The highest BCUT2D eigenvalue weighted by Gasteiger charge is 2.13. The number of hydrazone groups is 1. The summed E-state index contributed by atoms with van der Waals surface area (Å²) in [5, 5.41) is 13.7. The van der Waals surface area contributed by atoms with E-state index < -0.39 is 0 Å². The number of allylic oxidation sites excluding steroid dienone is 1. The molecule has 1 aromatic heterocycles. The lowest BCUT2D eigenvalue weighted by molar-refractivity contribution is -0.118. The fourth-order valence-electron chi connectivity index (χ4n) is 2.45. The van der Waals surface area contributed by atoms with E-state index in [0.29, 0.717) is 21.7 Å². The van der Waals surface area contributed by atoms with Gasteiger partial charge in [-0.25, -0.2) is 5.43 Å². The monoisotopic (exact) mass is 425 g/mol. The van der Waals surface area contributed by atoms with E-state index in [1.807, 2.05) is 79.2 Å². The molecular formula is C21H20ClN5OS. The number of hydrogen-bond donors (Lipinski definition) is 1. The van der Waals surface area contributed by atoms with Gasteiger partial charge >= 0.3 is 0 Å². The van der Waals surface area contributed by atoms with E-state index in [1.54, 1.807) is 6.07 Å². The quantitative estimate of drug-likeness (QED) is 0.345. The van der Waals surface area contributed by atoms with Crippen molar-refractivity contribution < 1.29 is 4.79 Å². The Kier molecular flexibility index (Phi) is 7.21. The molecule has 29 heavy (non-hydrogen) atoms. The molecule has 0 saturated carbocycles. The van der Waals surface area contributed by atoms with Crippen LogP contribution in [0, 0.1) is 0 Å². The van der Waals surface area contributed by atoms with Gasteiger partial charge in [-0.3, -0.25) is 4.79 Å². The van der Waals surface area contributed by atoms with Crippen LogP contribution >= 0.6 is 23.4 Å². The fourth-order valence-corrected chi connectivity index (χ4v) is 3.34. The Hall–Kier alpha value is -2.90. The topological polar surface area (TPSA) is 72.2 Å². The van der Waals surface area contributed by atoms with Gasteiger partial charge in [-0.2, -0.15) is 5.10 Å². The molecule has 8 heteroatoms. The van der Waals surface area contributed by atoms with Crippen LogP contribution in [0.5, 0.6) is 0 Å². The number of nitrogens with one attached hydrogen (secondary N) is 1. The Morgan fingerprint density at radius 2 is 2.00 bits per heavy atom. The lowest BCUT2D eigenvalue weighted by atomic mass is 10.2. The fraction of sp³-hybridized carbons (Fsp3) is 0.143. The molecule has 0 atom stereocenters. The number of thioether (sulfide) groups is 1. The molecule has 0 spiro atoms. The molecule has 0 fully saturated rings. The second kappa shape index (κ2) is 10.0. The second-order valence-electron chi connectivity index (χ2n) is 6.20. The maximum Gasteiger partial charge on any atom is 0.250 e. The molecule has 0 unspecified atom stereocenters. The van der Waals surface area contributed by atoms with Gasteiger partial charge in [-0.1, -0.05) is 71.9 Å². The van der Waals surface area contributed by atoms with Gasteiger partial charge in [0.05, 0.1) is 11.5 Å². The molecule has 6 nitrogen and oxygen atoms in total. The summed E-state index contributed by atoms with van der Waals surface area (Å²) in [5.41, 5.74) is 5.20. The molecule has 3 aromatic rings. The molecule has 1 heterocycles. The number of benzene rings is 2. The van der Waals surface area contributed by atoms with Crippen LogP contribution in [0.1, 0.15) is 12.5 Å². The number of rotatable bonds is 7. The molecule has 1 N–H and O–H groups in total. The zero-order valence-corrected chi connectivity index (χ0v) is 17.6. The van der Waals surface area contributed by atoms with Crippen LogP contribution < -0.4 is 5.43 Å². The molecule has 0 bridgehead atoms. The Balaban J connectivity index is 1.54. The van der Waals surface area contributed by atoms with Gasteiger partial charge in [0.2, 0.25) is 0 Å². The summed E-state index contributed by atoms with van der Waals surface area (Å²) in [6, 6.07) is 17.3. The summed E-state index contributed by atoms with van der Waals surface area (Å²) in [4.78, 5) is 12.1. The SMILES string of the molecule is CC(/C=C/c1ccccc1)=N/NC(=O)CSc1nnc(-c2cccc(Cl)c2)n1C. The minimum absolute atomic E-state index is 0.181. The van der Waals surface area contributed by atoms with Gasteiger partial charge in [0.15, 0.2) is 11.0 Å². The van der Waals surface area contributed by atoms with Gasteiger partial charge in [0, 0.05) is 17.6 Å². The highest BCUT2D eigenvalue weighted by molar-refractivity contribution is 7.99. The van der Waals surface area contributed by atoms with Crippen LogP contribution in [0.4, 0.5) is 0 Å². The highest BCUT2D eigenvalue weighted by atomic mass is 35.5. The molecule has 2 aromatic carbocycles. The zero-order valence-electron chi connectivity index (χ0n) is 16.0. The first-order valence-corrected chi connectivity index (χ1v) is 10.2. The average Bonchev–Trinajstić information content (AvgIpc) is 3.10. The zero-order chi connectivity index (χ0) is 20.6. The van der Waals surface area contributed by atoms with Crippen LogP contribution in [0.15, 0.2) is 70.9 Å². The van der Waals surface area contributed by atoms with Crippen molar-refractivity contribution >= 4 is 41.1 Å². The highest BCUT2D eigenvalue weighted by Crippen LogP contribution is 2.24. The van der Waals surface area contributed by atoms with Crippen LogP contribution in [0.3, 0.4) is 0 Å². The third-order valence-electron chi connectivity index (χ3n) is 3.92. The Morgan fingerprint density at radius 3 is 2.76 bits per heavy atom. The standard InChI is InChI=1S/C21H20ClN5OS/c1-15(11-12-16-7-4-3-5-8-16)23-24-19(28)14-29-21-26-25-20(27(21)2)17-9-6-10-18(22)13-17/h3-13H,14H2,1-2H3,(H,24,28)/b12-11+,23-15-. The maximum atomic E-state index is 12.1. The average molecular weight is 426 g/mol. The second-order valence-corrected chi connectivity index (χ2v) is 7.58. The van der Waals surface area contributed by atoms with Crippen molar-refractivity contribution in [1.29, 1.82) is 0 Å². The van der Waals surface area contributed by atoms with Crippen LogP contribution in [-0.4, -0.2) is 32.1 Å². The van der Waals surface area contributed by atoms with Crippen molar-refractivity contribution in [3.05, 3.63) is 71.3 Å². The van der Waals surface area contributed by atoms with Crippen molar-refractivity contribution in [3.8, 4) is 11.4 Å². The number of halogens is 1.